The number of hydrogen-bond donors (Lipinski definition) is 1. The van der Waals surface area contributed by atoms with Gasteiger partial charge in [0.15, 0.2) is 0 Å². The summed E-state index contributed by atoms with van der Waals surface area (Å²) in [5.74, 6) is -0.575. The second-order valence-corrected chi connectivity index (χ2v) is 9.08. The molecule has 2 aliphatic rings. The first kappa shape index (κ1) is 25.3. The third-order valence-corrected chi connectivity index (χ3v) is 6.75. The van der Waals surface area contributed by atoms with E-state index in [0.29, 0.717) is 44.0 Å². The fourth-order valence-electron chi connectivity index (χ4n) is 4.75. The number of hydrogen-bond acceptors (Lipinski definition) is 4. The van der Waals surface area contributed by atoms with Crippen molar-refractivity contribution in [1.29, 1.82) is 5.26 Å². The Bertz CT molecular complexity index is 823. The third-order valence-electron chi connectivity index (χ3n) is 6.75. The van der Waals surface area contributed by atoms with Crippen LogP contribution >= 0.6 is 0 Å². The second kappa shape index (κ2) is 11.7. The number of carbonyl (C=O) groups excluding carboxylic acids is 1. The van der Waals surface area contributed by atoms with E-state index in [-0.39, 0.29) is 11.9 Å². The van der Waals surface area contributed by atoms with Gasteiger partial charge in [-0.2, -0.15) is 18.4 Å². The van der Waals surface area contributed by atoms with Gasteiger partial charge in [-0.3, -0.25) is 9.69 Å². The summed E-state index contributed by atoms with van der Waals surface area (Å²) in [6, 6.07) is 5.51. The van der Waals surface area contributed by atoms with Crippen molar-refractivity contribution in [2.24, 2.45) is 5.92 Å². The highest BCUT2D eigenvalue weighted by Gasteiger charge is 2.35. The predicted octanol–water partition coefficient (Wildman–Crippen LogP) is 4.73. The van der Waals surface area contributed by atoms with Crippen LogP contribution in [0.1, 0.15) is 56.9 Å². The highest BCUT2D eigenvalue weighted by Crippen LogP contribution is 2.34. The molecule has 9 heteroatoms. The number of unbranched alkanes of at least 4 members (excludes halogenated alkanes) is 1. The normalized spacial score (nSPS) is 22.1. The summed E-state index contributed by atoms with van der Waals surface area (Å²) in [5, 5.41) is 11.6. The quantitative estimate of drug-likeness (QED) is 0.443. The highest BCUT2D eigenvalue weighted by atomic mass is 19.4. The van der Waals surface area contributed by atoms with Gasteiger partial charge >= 0.3 is 6.18 Å². The molecule has 1 saturated heterocycles. The van der Waals surface area contributed by atoms with E-state index < -0.39 is 17.6 Å². The molecule has 1 aliphatic carbocycles. The minimum absolute atomic E-state index is 0.0371. The molecular weight excluding hydrogens is 436 g/mol. The van der Waals surface area contributed by atoms with Crippen LogP contribution in [0.25, 0.3) is 0 Å². The zero-order valence-corrected chi connectivity index (χ0v) is 18.8. The topological polar surface area (TPSA) is 59.4 Å². The van der Waals surface area contributed by atoms with Gasteiger partial charge in [0.05, 0.1) is 11.6 Å². The first-order valence-electron chi connectivity index (χ1n) is 11.8. The summed E-state index contributed by atoms with van der Waals surface area (Å²) in [7, 11) is 0. The van der Waals surface area contributed by atoms with Gasteiger partial charge in [0.1, 0.15) is 5.82 Å². The van der Waals surface area contributed by atoms with E-state index in [1.807, 2.05) is 4.90 Å². The molecular formula is C24H32F4N4O. The van der Waals surface area contributed by atoms with Crippen molar-refractivity contribution in [2.45, 2.75) is 63.6 Å². The minimum atomic E-state index is -4.69. The number of nitrogens with zero attached hydrogens (tertiary/aromatic N) is 3. The van der Waals surface area contributed by atoms with E-state index in [1.165, 1.54) is 6.07 Å². The average molecular weight is 469 g/mol. The predicted molar refractivity (Wildman–Crippen MR) is 118 cm³/mol. The van der Waals surface area contributed by atoms with Gasteiger partial charge in [0, 0.05) is 50.7 Å². The zero-order valence-electron chi connectivity index (χ0n) is 18.8. The summed E-state index contributed by atoms with van der Waals surface area (Å²) in [6.45, 7) is 3.74. The SMILES string of the molecule is N#CCCCC(=O)N[C@H]1CC[C@H](CCN2CCN(c3ccc(F)c(C(F)(F)F)c3)CC2)CC1. The van der Waals surface area contributed by atoms with E-state index in [1.54, 1.807) is 0 Å². The Balaban J connectivity index is 1.36. The molecule has 0 aromatic heterocycles. The lowest BCUT2D eigenvalue weighted by atomic mass is 9.84. The van der Waals surface area contributed by atoms with Crippen molar-refractivity contribution in [3.8, 4) is 6.07 Å². The van der Waals surface area contributed by atoms with E-state index in [9.17, 15) is 22.4 Å². The Labute approximate surface area is 192 Å². The van der Waals surface area contributed by atoms with Gasteiger partial charge < -0.3 is 10.2 Å². The molecule has 1 aliphatic heterocycles. The summed E-state index contributed by atoms with van der Waals surface area (Å²) in [5.41, 5.74) is -0.798. The van der Waals surface area contributed by atoms with Crippen LogP contribution in [0.2, 0.25) is 0 Å². The van der Waals surface area contributed by atoms with Crippen LogP contribution in [0.5, 0.6) is 0 Å². The third kappa shape index (κ3) is 7.60. The monoisotopic (exact) mass is 468 g/mol. The van der Waals surface area contributed by atoms with Crippen molar-refractivity contribution >= 4 is 11.6 Å². The Morgan fingerprint density at radius 2 is 1.82 bits per heavy atom. The number of nitrogens with one attached hydrogen (secondary N) is 1. The number of halogens is 4. The summed E-state index contributed by atoms with van der Waals surface area (Å²) >= 11 is 0. The maximum Gasteiger partial charge on any atom is 0.419 e. The second-order valence-electron chi connectivity index (χ2n) is 9.08. The molecule has 0 atom stereocenters. The maximum absolute atomic E-state index is 13.5. The van der Waals surface area contributed by atoms with Crippen molar-refractivity contribution in [2.75, 3.05) is 37.6 Å². The molecule has 33 heavy (non-hydrogen) atoms. The Kier molecular flexibility index (Phi) is 8.95. The van der Waals surface area contributed by atoms with Crippen molar-refractivity contribution in [3.05, 3.63) is 29.6 Å². The number of nitriles is 1. The molecule has 1 saturated carbocycles. The van der Waals surface area contributed by atoms with Crippen LogP contribution in [-0.2, 0) is 11.0 Å². The summed E-state index contributed by atoms with van der Waals surface area (Å²) in [6.07, 6.45) is 1.94. The fraction of sp³-hybridized carbons (Fsp3) is 0.667. The van der Waals surface area contributed by atoms with Gasteiger partial charge in [-0.05, 0) is 69.2 Å². The van der Waals surface area contributed by atoms with Gasteiger partial charge in [0.25, 0.3) is 0 Å². The molecule has 3 rings (SSSR count). The van der Waals surface area contributed by atoms with Crippen molar-refractivity contribution in [1.82, 2.24) is 10.2 Å². The molecule has 5 nitrogen and oxygen atoms in total. The van der Waals surface area contributed by atoms with Crippen molar-refractivity contribution in [3.63, 3.8) is 0 Å². The summed E-state index contributed by atoms with van der Waals surface area (Å²) < 4.78 is 52.5. The van der Waals surface area contributed by atoms with Gasteiger partial charge in [-0.1, -0.05) is 0 Å². The lowest BCUT2D eigenvalue weighted by Gasteiger charge is -2.37. The van der Waals surface area contributed by atoms with Gasteiger partial charge in [0.2, 0.25) is 5.91 Å². The number of benzene rings is 1. The maximum atomic E-state index is 13.5. The molecule has 0 bridgehead atoms. The fourth-order valence-corrected chi connectivity index (χ4v) is 4.75. The summed E-state index contributed by atoms with van der Waals surface area (Å²) in [4.78, 5) is 16.1. The lowest BCUT2D eigenvalue weighted by molar-refractivity contribution is -0.140. The number of anilines is 1. The molecule has 0 unspecified atom stereocenters. The van der Waals surface area contributed by atoms with Crippen LogP contribution in [-0.4, -0.2) is 49.6 Å². The van der Waals surface area contributed by atoms with Crippen LogP contribution in [0.15, 0.2) is 18.2 Å². The largest absolute Gasteiger partial charge is 0.419 e. The number of alkyl halides is 3. The van der Waals surface area contributed by atoms with Crippen LogP contribution in [0, 0.1) is 23.1 Å². The van der Waals surface area contributed by atoms with Crippen molar-refractivity contribution < 1.29 is 22.4 Å². The number of carbonyl (C=O) groups is 1. The van der Waals surface area contributed by atoms with E-state index >= 15 is 0 Å². The molecule has 1 aromatic rings. The minimum Gasteiger partial charge on any atom is -0.369 e. The molecule has 1 amide bonds. The smallest absolute Gasteiger partial charge is 0.369 e. The molecule has 0 radical (unpaired) electrons. The molecule has 1 aromatic carbocycles. The first-order chi connectivity index (χ1) is 15.8. The lowest BCUT2D eigenvalue weighted by Crippen LogP contribution is -2.47. The van der Waals surface area contributed by atoms with E-state index in [0.717, 1.165) is 63.9 Å². The Morgan fingerprint density at radius 3 is 2.45 bits per heavy atom. The van der Waals surface area contributed by atoms with E-state index in [2.05, 4.69) is 16.3 Å². The Morgan fingerprint density at radius 1 is 1.12 bits per heavy atom. The number of amides is 1. The molecule has 2 fully saturated rings. The molecule has 1 N–H and O–H groups in total. The number of rotatable bonds is 8. The Hall–Kier alpha value is -2.34. The average Bonchev–Trinajstić information content (AvgIpc) is 2.79. The molecule has 0 spiro atoms. The zero-order chi connectivity index (χ0) is 23.8. The van der Waals surface area contributed by atoms with Crippen LogP contribution in [0.3, 0.4) is 0 Å². The van der Waals surface area contributed by atoms with Crippen LogP contribution in [0.4, 0.5) is 23.2 Å². The standard InChI is InChI=1S/C24H32F4N4O/c25-22-9-8-20(17-21(22)24(26,27)28)32-15-13-31(14-16-32)12-10-18-4-6-19(7-5-18)30-23(33)3-1-2-11-29/h8-9,17-19H,1-7,10,12-16H2,(H,30,33)/t18-,19-. The van der Waals surface area contributed by atoms with Crippen LogP contribution < -0.4 is 10.2 Å². The number of piperazine rings is 1. The van der Waals surface area contributed by atoms with Gasteiger partial charge in [-0.15, -0.1) is 0 Å². The highest BCUT2D eigenvalue weighted by molar-refractivity contribution is 5.76. The van der Waals surface area contributed by atoms with Gasteiger partial charge in [-0.25, -0.2) is 4.39 Å². The molecule has 1 heterocycles. The molecule has 182 valence electrons. The van der Waals surface area contributed by atoms with E-state index in [4.69, 9.17) is 5.26 Å². The first-order valence-corrected chi connectivity index (χ1v) is 11.8.